The van der Waals surface area contributed by atoms with Crippen LogP contribution in [0.3, 0.4) is 0 Å². The van der Waals surface area contributed by atoms with E-state index >= 15 is 0 Å². The highest BCUT2D eigenvalue weighted by molar-refractivity contribution is 5.84. The smallest absolute Gasteiger partial charge is 0.242 e. The first-order valence-corrected chi connectivity index (χ1v) is 6.60. The van der Waals surface area contributed by atoms with Crippen LogP contribution in [-0.2, 0) is 4.79 Å². The van der Waals surface area contributed by atoms with Crippen LogP contribution in [-0.4, -0.2) is 18.0 Å². The topological polar surface area (TPSA) is 41.1 Å². The Labute approximate surface area is 116 Å². The van der Waals surface area contributed by atoms with Gasteiger partial charge in [-0.25, -0.2) is 13.2 Å². The van der Waals surface area contributed by atoms with E-state index in [4.69, 9.17) is 0 Å². The third-order valence-electron chi connectivity index (χ3n) is 3.09. The molecule has 20 heavy (non-hydrogen) atoms. The highest BCUT2D eigenvalue weighted by Gasteiger charge is 2.19. The fraction of sp³-hybridized carbons (Fsp3) is 0.500. The van der Waals surface area contributed by atoms with E-state index in [-0.39, 0.29) is 17.6 Å². The molecule has 0 bridgehead atoms. The Morgan fingerprint density at radius 1 is 1.20 bits per heavy atom. The fourth-order valence-electron chi connectivity index (χ4n) is 1.78. The Bertz CT molecular complexity index is 476. The lowest BCUT2D eigenvalue weighted by atomic mass is 10.1. The minimum absolute atomic E-state index is 0.0286. The molecular weight excluding hydrogens is 269 g/mol. The molecule has 0 heterocycles. The van der Waals surface area contributed by atoms with Gasteiger partial charge in [-0.3, -0.25) is 4.79 Å². The molecule has 0 saturated heterocycles. The maximum absolute atomic E-state index is 13.5. The van der Waals surface area contributed by atoms with Gasteiger partial charge in [0.25, 0.3) is 0 Å². The van der Waals surface area contributed by atoms with Crippen LogP contribution in [0.15, 0.2) is 12.1 Å². The van der Waals surface area contributed by atoms with Gasteiger partial charge in [0.15, 0.2) is 11.6 Å². The van der Waals surface area contributed by atoms with Gasteiger partial charge in [0.1, 0.15) is 11.9 Å². The van der Waals surface area contributed by atoms with Crippen LogP contribution in [0.2, 0.25) is 0 Å². The largest absolute Gasteiger partial charge is 0.371 e. The number of amides is 1. The highest BCUT2D eigenvalue weighted by atomic mass is 19.2. The number of hydrogen-bond acceptors (Lipinski definition) is 2. The average Bonchev–Trinajstić information content (AvgIpc) is 2.41. The van der Waals surface area contributed by atoms with Gasteiger partial charge in [0, 0.05) is 18.2 Å². The summed E-state index contributed by atoms with van der Waals surface area (Å²) in [5.74, 6) is -3.74. The Morgan fingerprint density at radius 3 is 2.35 bits per heavy atom. The summed E-state index contributed by atoms with van der Waals surface area (Å²) in [6.07, 6.45) is 1.55. The Balaban J connectivity index is 2.75. The molecule has 0 saturated carbocycles. The van der Waals surface area contributed by atoms with E-state index in [1.54, 1.807) is 0 Å². The van der Waals surface area contributed by atoms with Gasteiger partial charge in [-0.05, 0) is 19.8 Å². The van der Waals surface area contributed by atoms with Crippen molar-refractivity contribution in [2.75, 3.05) is 5.32 Å². The first-order valence-electron chi connectivity index (χ1n) is 6.60. The summed E-state index contributed by atoms with van der Waals surface area (Å²) < 4.78 is 39.6. The first-order chi connectivity index (χ1) is 9.38. The highest BCUT2D eigenvalue weighted by Crippen LogP contribution is 2.20. The standard InChI is InChI=1S/C14H19F3N2O/c1-4-10(5-2)19-14(20)8(3)18-12-7-9(15)6-11(16)13(12)17/h6-8,10,18H,4-5H2,1-3H3,(H,19,20). The van der Waals surface area contributed by atoms with E-state index in [1.807, 2.05) is 13.8 Å². The predicted octanol–water partition coefficient (Wildman–Crippen LogP) is 3.21. The molecule has 0 aliphatic carbocycles. The van der Waals surface area contributed by atoms with Crippen molar-refractivity contribution in [1.29, 1.82) is 0 Å². The molecule has 1 unspecified atom stereocenters. The van der Waals surface area contributed by atoms with E-state index in [9.17, 15) is 18.0 Å². The third-order valence-corrected chi connectivity index (χ3v) is 3.09. The normalized spacial score (nSPS) is 12.3. The SMILES string of the molecule is CCC(CC)NC(=O)C(C)Nc1cc(F)cc(F)c1F. The molecule has 0 radical (unpaired) electrons. The predicted molar refractivity (Wildman–Crippen MR) is 71.9 cm³/mol. The molecule has 112 valence electrons. The third kappa shape index (κ3) is 4.15. The molecule has 2 N–H and O–H groups in total. The van der Waals surface area contributed by atoms with Crippen LogP contribution < -0.4 is 10.6 Å². The molecule has 1 atom stereocenters. The zero-order valence-corrected chi connectivity index (χ0v) is 11.8. The Kier molecular flexibility index (Phi) is 5.85. The van der Waals surface area contributed by atoms with Crippen LogP contribution in [0.25, 0.3) is 0 Å². The number of nitrogens with one attached hydrogen (secondary N) is 2. The van der Waals surface area contributed by atoms with Gasteiger partial charge >= 0.3 is 0 Å². The maximum Gasteiger partial charge on any atom is 0.242 e. The first kappa shape index (κ1) is 16.3. The lowest BCUT2D eigenvalue weighted by Crippen LogP contribution is -2.43. The number of rotatable bonds is 6. The van der Waals surface area contributed by atoms with Gasteiger partial charge in [-0.2, -0.15) is 0 Å². The Hall–Kier alpha value is -1.72. The maximum atomic E-state index is 13.5. The van der Waals surface area contributed by atoms with Crippen molar-refractivity contribution < 1.29 is 18.0 Å². The molecule has 0 fully saturated rings. The summed E-state index contributed by atoms with van der Waals surface area (Å²) >= 11 is 0. The molecule has 6 heteroatoms. The summed E-state index contributed by atoms with van der Waals surface area (Å²) in [6.45, 7) is 5.38. The van der Waals surface area contributed by atoms with Crippen molar-refractivity contribution >= 4 is 11.6 Å². The van der Waals surface area contributed by atoms with Gasteiger partial charge < -0.3 is 10.6 Å². The van der Waals surface area contributed by atoms with E-state index in [0.717, 1.165) is 18.9 Å². The fourth-order valence-corrected chi connectivity index (χ4v) is 1.78. The summed E-state index contributed by atoms with van der Waals surface area (Å²) in [7, 11) is 0. The zero-order chi connectivity index (χ0) is 15.3. The van der Waals surface area contributed by atoms with E-state index in [0.29, 0.717) is 6.07 Å². The van der Waals surface area contributed by atoms with Gasteiger partial charge in [-0.1, -0.05) is 13.8 Å². The van der Waals surface area contributed by atoms with Crippen molar-refractivity contribution in [3.63, 3.8) is 0 Å². The second kappa shape index (κ2) is 7.17. The van der Waals surface area contributed by atoms with Crippen molar-refractivity contribution in [2.24, 2.45) is 0 Å². The second-order valence-corrected chi connectivity index (χ2v) is 4.64. The minimum Gasteiger partial charge on any atom is -0.371 e. The van der Waals surface area contributed by atoms with Gasteiger partial charge in [0.2, 0.25) is 5.91 Å². The molecule has 1 rings (SSSR count). The average molecular weight is 288 g/mol. The van der Waals surface area contributed by atoms with Crippen LogP contribution in [0.5, 0.6) is 0 Å². The second-order valence-electron chi connectivity index (χ2n) is 4.64. The molecule has 0 spiro atoms. The monoisotopic (exact) mass is 288 g/mol. The molecule has 0 aliphatic rings. The number of carbonyl (C=O) groups excluding carboxylic acids is 1. The quantitative estimate of drug-likeness (QED) is 0.789. The van der Waals surface area contributed by atoms with Crippen molar-refractivity contribution in [2.45, 2.75) is 45.7 Å². The molecule has 1 amide bonds. The van der Waals surface area contributed by atoms with E-state index in [1.165, 1.54) is 6.92 Å². The summed E-state index contributed by atoms with van der Waals surface area (Å²) in [6, 6.07) is 0.501. The van der Waals surface area contributed by atoms with Crippen molar-refractivity contribution in [1.82, 2.24) is 5.32 Å². The molecule has 0 aliphatic heterocycles. The summed E-state index contributed by atoms with van der Waals surface area (Å²) in [5.41, 5.74) is -0.366. The molecule has 1 aromatic rings. The van der Waals surface area contributed by atoms with E-state index in [2.05, 4.69) is 10.6 Å². The number of carbonyl (C=O) groups is 1. The zero-order valence-electron chi connectivity index (χ0n) is 11.8. The van der Waals surface area contributed by atoms with Crippen LogP contribution in [0.4, 0.5) is 18.9 Å². The minimum atomic E-state index is -1.29. The number of hydrogen-bond donors (Lipinski definition) is 2. The van der Waals surface area contributed by atoms with E-state index < -0.39 is 23.5 Å². The molecule has 0 aromatic heterocycles. The molecular formula is C14H19F3N2O. The van der Waals surface area contributed by atoms with Crippen molar-refractivity contribution in [3.8, 4) is 0 Å². The molecule has 3 nitrogen and oxygen atoms in total. The summed E-state index contributed by atoms with van der Waals surface area (Å²) in [4.78, 5) is 11.9. The number of halogens is 3. The van der Waals surface area contributed by atoms with Gasteiger partial charge in [-0.15, -0.1) is 0 Å². The van der Waals surface area contributed by atoms with Gasteiger partial charge in [0.05, 0.1) is 5.69 Å². The van der Waals surface area contributed by atoms with Crippen LogP contribution in [0, 0.1) is 17.5 Å². The van der Waals surface area contributed by atoms with Crippen LogP contribution in [0.1, 0.15) is 33.6 Å². The van der Waals surface area contributed by atoms with Crippen molar-refractivity contribution in [3.05, 3.63) is 29.6 Å². The summed E-state index contributed by atoms with van der Waals surface area (Å²) in [5, 5.41) is 5.25. The number of benzene rings is 1. The lowest BCUT2D eigenvalue weighted by Gasteiger charge is -2.20. The van der Waals surface area contributed by atoms with Crippen LogP contribution >= 0.6 is 0 Å². The molecule has 1 aromatic carbocycles. The lowest BCUT2D eigenvalue weighted by molar-refractivity contribution is -0.122. The Morgan fingerprint density at radius 2 is 1.80 bits per heavy atom. The number of anilines is 1.